The number of anilines is 1. The summed E-state index contributed by atoms with van der Waals surface area (Å²) < 4.78 is 0. The van der Waals surface area contributed by atoms with Gasteiger partial charge in [-0.05, 0) is 19.1 Å². The third-order valence-corrected chi connectivity index (χ3v) is 2.22. The topological polar surface area (TPSA) is 70.2 Å². The second-order valence-corrected chi connectivity index (χ2v) is 3.89. The van der Waals surface area contributed by atoms with Gasteiger partial charge in [-0.2, -0.15) is 5.26 Å². The van der Waals surface area contributed by atoms with Gasteiger partial charge in [-0.1, -0.05) is 12.2 Å². The zero-order chi connectivity index (χ0) is 13.0. The molecule has 0 aliphatic carbocycles. The van der Waals surface area contributed by atoms with Gasteiger partial charge in [0.15, 0.2) is 0 Å². The first kappa shape index (κ1) is 12.7. The van der Waals surface area contributed by atoms with Crippen LogP contribution in [0, 0.1) is 21.4 Å². The summed E-state index contributed by atoms with van der Waals surface area (Å²) in [6, 6.07) is 6.32. The molecule has 0 N–H and O–H groups in total. The van der Waals surface area contributed by atoms with E-state index in [0.717, 1.165) is 5.57 Å². The number of hydrogen-bond acceptors (Lipinski definition) is 4. The second kappa shape index (κ2) is 5.12. The van der Waals surface area contributed by atoms with E-state index < -0.39 is 4.92 Å². The lowest BCUT2D eigenvalue weighted by molar-refractivity contribution is -0.384. The van der Waals surface area contributed by atoms with Crippen LogP contribution < -0.4 is 4.90 Å². The molecule has 0 saturated carbocycles. The minimum atomic E-state index is -0.481. The molecule has 0 amide bonds. The van der Waals surface area contributed by atoms with E-state index in [4.69, 9.17) is 5.26 Å². The van der Waals surface area contributed by atoms with Gasteiger partial charge in [-0.3, -0.25) is 10.1 Å². The summed E-state index contributed by atoms with van der Waals surface area (Å²) in [4.78, 5) is 12.2. The highest BCUT2D eigenvalue weighted by molar-refractivity contribution is 5.65. The number of likely N-dealkylation sites (N-methyl/N-ethyl adjacent to an activating group) is 1. The fraction of sp³-hybridized carbons (Fsp3) is 0.250. The molecule has 0 aliphatic rings. The first-order chi connectivity index (χ1) is 7.95. The number of nitro groups is 1. The number of rotatable bonds is 4. The highest BCUT2D eigenvalue weighted by atomic mass is 16.6. The molecule has 1 aromatic carbocycles. The summed E-state index contributed by atoms with van der Waals surface area (Å²) >= 11 is 0. The van der Waals surface area contributed by atoms with E-state index in [2.05, 4.69) is 6.58 Å². The van der Waals surface area contributed by atoms with Crippen LogP contribution in [0.5, 0.6) is 0 Å². The lowest BCUT2D eigenvalue weighted by Crippen LogP contribution is -2.20. The van der Waals surface area contributed by atoms with E-state index in [1.54, 1.807) is 24.1 Å². The number of benzene rings is 1. The lowest BCUT2D eigenvalue weighted by Gasteiger charge is -2.19. The fourth-order valence-electron chi connectivity index (χ4n) is 1.55. The van der Waals surface area contributed by atoms with Crippen LogP contribution >= 0.6 is 0 Å². The molecule has 5 nitrogen and oxygen atoms in total. The van der Waals surface area contributed by atoms with Gasteiger partial charge in [0, 0.05) is 19.7 Å². The Morgan fingerprint density at radius 2 is 2.29 bits per heavy atom. The Hall–Kier alpha value is -2.35. The molecule has 0 aliphatic heterocycles. The Morgan fingerprint density at radius 3 is 2.76 bits per heavy atom. The van der Waals surface area contributed by atoms with Crippen molar-refractivity contribution in [1.29, 1.82) is 5.26 Å². The quantitative estimate of drug-likeness (QED) is 0.453. The zero-order valence-corrected chi connectivity index (χ0v) is 9.80. The van der Waals surface area contributed by atoms with E-state index >= 15 is 0 Å². The van der Waals surface area contributed by atoms with Gasteiger partial charge >= 0.3 is 0 Å². The van der Waals surface area contributed by atoms with Crippen molar-refractivity contribution >= 4 is 11.4 Å². The van der Waals surface area contributed by atoms with Crippen LogP contribution in [-0.4, -0.2) is 18.5 Å². The standard InChI is InChI=1S/C12H13N3O2/c1-9(2)8-14(3)11-5-4-10(7-13)6-12(11)15(16)17/h4-6H,1,8H2,2-3H3. The number of nitrogens with zero attached hydrogens (tertiary/aromatic N) is 3. The maximum Gasteiger partial charge on any atom is 0.293 e. The second-order valence-electron chi connectivity index (χ2n) is 3.89. The first-order valence-corrected chi connectivity index (χ1v) is 4.99. The van der Waals surface area contributed by atoms with Crippen molar-refractivity contribution in [2.75, 3.05) is 18.5 Å². The Morgan fingerprint density at radius 1 is 1.65 bits per heavy atom. The van der Waals surface area contributed by atoms with Crippen LogP contribution in [0.3, 0.4) is 0 Å². The third kappa shape index (κ3) is 3.05. The predicted molar refractivity (Wildman–Crippen MR) is 65.9 cm³/mol. The normalized spacial score (nSPS) is 9.47. The molecule has 0 atom stereocenters. The van der Waals surface area contributed by atoms with Gasteiger partial charge < -0.3 is 4.90 Å². The van der Waals surface area contributed by atoms with E-state index in [1.807, 2.05) is 13.0 Å². The summed E-state index contributed by atoms with van der Waals surface area (Å²) in [7, 11) is 1.75. The van der Waals surface area contributed by atoms with Gasteiger partial charge in [0.25, 0.3) is 5.69 Å². The maximum atomic E-state index is 10.9. The highest BCUT2D eigenvalue weighted by Gasteiger charge is 2.17. The molecule has 0 radical (unpaired) electrons. The van der Waals surface area contributed by atoms with Crippen molar-refractivity contribution in [3.63, 3.8) is 0 Å². The van der Waals surface area contributed by atoms with Gasteiger partial charge in [0.05, 0.1) is 16.6 Å². The molecule has 0 unspecified atom stereocenters. The SMILES string of the molecule is C=C(C)CN(C)c1ccc(C#N)cc1[N+](=O)[O-]. The largest absolute Gasteiger partial charge is 0.365 e. The van der Waals surface area contributed by atoms with Gasteiger partial charge in [-0.25, -0.2) is 0 Å². The number of nitriles is 1. The molecule has 0 heterocycles. The van der Waals surface area contributed by atoms with Crippen LogP contribution in [0.1, 0.15) is 12.5 Å². The molecule has 0 saturated heterocycles. The molecular formula is C12H13N3O2. The average Bonchev–Trinajstić information content (AvgIpc) is 2.27. The predicted octanol–water partition coefficient (Wildman–Crippen LogP) is 2.48. The van der Waals surface area contributed by atoms with Gasteiger partial charge in [0.1, 0.15) is 5.69 Å². The zero-order valence-electron chi connectivity index (χ0n) is 9.80. The van der Waals surface area contributed by atoms with Crippen LogP contribution in [0.25, 0.3) is 0 Å². The van der Waals surface area contributed by atoms with E-state index in [-0.39, 0.29) is 11.3 Å². The van der Waals surface area contributed by atoms with Crippen LogP contribution in [0.2, 0.25) is 0 Å². The minimum Gasteiger partial charge on any atom is -0.365 e. The smallest absolute Gasteiger partial charge is 0.293 e. The third-order valence-electron chi connectivity index (χ3n) is 2.22. The summed E-state index contributed by atoms with van der Waals surface area (Å²) in [6.45, 7) is 6.15. The Bertz CT molecular complexity index is 503. The Labute approximate surface area is 99.7 Å². The van der Waals surface area contributed by atoms with Crippen molar-refractivity contribution < 1.29 is 4.92 Å². The van der Waals surface area contributed by atoms with E-state index in [1.165, 1.54) is 6.07 Å². The van der Waals surface area contributed by atoms with Crippen LogP contribution in [0.4, 0.5) is 11.4 Å². The lowest BCUT2D eigenvalue weighted by atomic mass is 10.1. The first-order valence-electron chi connectivity index (χ1n) is 4.99. The number of hydrogen-bond donors (Lipinski definition) is 0. The van der Waals surface area contributed by atoms with E-state index in [0.29, 0.717) is 12.2 Å². The van der Waals surface area contributed by atoms with Crippen molar-refractivity contribution in [3.8, 4) is 6.07 Å². The summed E-state index contributed by atoms with van der Waals surface area (Å²) in [5.74, 6) is 0. The molecule has 0 fully saturated rings. The van der Waals surface area contributed by atoms with Crippen LogP contribution in [-0.2, 0) is 0 Å². The summed E-state index contributed by atoms with van der Waals surface area (Å²) in [5.41, 5.74) is 1.61. The Kier molecular flexibility index (Phi) is 3.83. The molecule has 88 valence electrons. The minimum absolute atomic E-state index is 0.0622. The summed E-state index contributed by atoms with van der Waals surface area (Å²) in [5, 5.41) is 19.6. The van der Waals surface area contributed by atoms with E-state index in [9.17, 15) is 10.1 Å². The summed E-state index contributed by atoms with van der Waals surface area (Å²) in [6.07, 6.45) is 0. The molecule has 1 rings (SSSR count). The molecule has 1 aromatic rings. The molecule has 5 heteroatoms. The monoisotopic (exact) mass is 231 g/mol. The highest BCUT2D eigenvalue weighted by Crippen LogP contribution is 2.28. The molecular weight excluding hydrogens is 218 g/mol. The van der Waals surface area contributed by atoms with Gasteiger partial charge in [-0.15, -0.1) is 0 Å². The maximum absolute atomic E-state index is 10.9. The van der Waals surface area contributed by atoms with Crippen molar-refractivity contribution in [3.05, 3.63) is 46.0 Å². The van der Waals surface area contributed by atoms with Crippen molar-refractivity contribution in [2.45, 2.75) is 6.92 Å². The molecule has 17 heavy (non-hydrogen) atoms. The molecule has 0 aromatic heterocycles. The fourth-order valence-corrected chi connectivity index (χ4v) is 1.55. The average molecular weight is 231 g/mol. The number of nitro benzene ring substituents is 1. The van der Waals surface area contributed by atoms with Gasteiger partial charge in [0.2, 0.25) is 0 Å². The van der Waals surface area contributed by atoms with Crippen molar-refractivity contribution in [2.24, 2.45) is 0 Å². The van der Waals surface area contributed by atoms with Crippen LogP contribution in [0.15, 0.2) is 30.4 Å². The molecule has 0 bridgehead atoms. The molecule has 0 spiro atoms. The Balaban J connectivity index is 3.19. The van der Waals surface area contributed by atoms with Crippen molar-refractivity contribution in [1.82, 2.24) is 0 Å².